The Kier molecular flexibility index (Phi) is 6.53. The van der Waals surface area contributed by atoms with Crippen LogP contribution in [0.5, 0.6) is 0 Å². The summed E-state index contributed by atoms with van der Waals surface area (Å²) in [4.78, 5) is 43.4. The van der Waals surface area contributed by atoms with Crippen molar-refractivity contribution in [2.45, 2.75) is 13.8 Å². The zero-order valence-electron chi connectivity index (χ0n) is 16.0. The fourth-order valence-corrected chi connectivity index (χ4v) is 2.96. The Bertz CT molecular complexity index is 1140. The van der Waals surface area contributed by atoms with E-state index >= 15 is 0 Å². The van der Waals surface area contributed by atoms with E-state index < -0.39 is 23.9 Å². The van der Waals surface area contributed by atoms with Gasteiger partial charge in [0.15, 0.2) is 0 Å². The Morgan fingerprint density at radius 1 is 0.600 bits per heavy atom. The van der Waals surface area contributed by atoms with Gasteiger partial charge >= 0.3 is 23.9 Å². The second-order valence-corrected chi connectivity index (χ2v) is 6.41. The number of fused-ring (bicyclic) bond motifs is 1. The minimum atomic E-state index is -1.23. The van der Waals surface area contributed by atoms with Crippen LogP contribution >= 0.6 is 0 Å². The van der Waals surface area contributed by atoms with Crippen LogP contribution in [0.4, 0.5) is 0 Å². The molecule has 0 aliphatic heterocycles. The highest BCUT2D eigenvalue weighted by molar-refractivity contribution is 6.11. The van der Waals surface area contributed by atoms with Gasteiger partial charge < -0.3 is 20.4 Å². The monoisotopic (exact) mass is 410 g/mol. The van der Waals surface area contributed by atoms with Crippen molar-refractivity contribution in [1.82, 2.24) is 0 Å². The van der Waals surface area contributed by atoms with E-state index in [9.17, 15) is 19.2 Å². The van der Waals surface area contributed by atoms with Gasteiger partial charge in [0.05, 0.1) is 22.3 Å². The molecule has 0 amide bonds. The Labute approximate surface area is 170 Å². The highest BCUT2D eigenvalue weighted by atomic mass is 16.4. The first-order valence-electron chi connectivity index (χ1n) is 8.60. The molecule has 0 unspecified atom stereocenters. The molecule has 0 aliphatic carbocycles. The first-order valence-corrected chi connectivity index (χ1v) is 8.60. The lowest BCUT2D eigenvalue weighted by Crippen LogP contribution is -2.08. The van der Waals surface area contributed by atoms with Crippen molar-refractivity contribution < 1.29 is 39.6 Å². The molecule has 0 atom stereocenters. The van der Waals surface area contributed by atoms with Gasteiger partial charge in [0, 0.05) is 0 Å². The van der Waals surface area contributed by atoms with Crippen LogP contribution in [0.3, 0.4) is 0 Å². The third-order valence-corrected chi connectivity index (χ3v) is 4.41. The molecule has 0 fully saturated rings. The van der Waals surface area contributed by atoms with Gasteiger partial charge in [-0.15, -0.1) is 0 Å². The predicted octanol–water partition coefficient (Wildman–Crippen LogP) is 3.94. The number of carboxylic acids is 4. The summed E-state index contributed by atoms with van der Waals surface area (Å²) in [6, 6.07) is 12.5. The molecule has 3 rings (SSSR count). The number of carboxylic acid groups (broad SMARTS) is 4. The molecule has 0 bridgehead atoms. The van der Waals surface area contributed by atoms with Crippen LogP contribution < -0.4 is 0 Å². The highest BCUT2D eigenvalue weighted by Crippen LogP contribution is 2.22. The zero-order valence-corrected chi connectivity index (χ0v) is 16.0. The molecular formula is C22H18O8. The maximum absolute atomic E-state index is 11.1. The van der Waals surface area contributed by atoms with Crippen LogP contribution in [0.1, 0.15) is 52.6 Å². The van der Waals surface area contributed by atoms with Crippen LogP contribution in [0.25, 0.3) is 10.8 Å². The standard InChI is InChI=1S/C12H8O4.C10H10O4/c13-11(14)9-6-5-7-3-1-2-4-8(7)10(9)12(15)16;1-5-3-8(10(13)14)6(2)4-7(5)9(11)12/h1-6H,(H,13,14)(H,15,16);3-4H,1-2H3,(H,11,12)(H,13,14). The summed E-state index contributed by atoms with van der Waals surface area (Å²) in [5.74, 6) is -4.54. The number of aromatic carboxylic acids is 4. The molecule has 30 heavy (non-hydrogen) atoms. The van der Waals surface area contributed by atoms with Gasteiger partial charge in [-0.05, 0) is 53.9 Å². The van der Waals surface area contributed by atoms with E-state index in [4.69, 9.17) is 20.4 Å². The molecule has 4 N–H and O–H groups in total. The second-order valence-electron chi connectivity index (χ2n) is 6.41. The van der Waals surface area contributed by atoms with Crippen molar-refractivity contribution in [2.24, 2.45) is 0 Å². The number of aryl methyl sites for hydroxylation is 2. The summed E-state index contributed by atoms with van der Waals surface area (Å²) in [6.07, 6.45) is 0. The summed E-state index contributed by atoms with van der Waals surface area (Å²) < 4.78 is 0. The molecule has 0 spiro atoms. The summed E-state index contributed by atoms with van der Waals surface area (Å²) in [5, 5.41) is 36.7. The third-order valence-electron chi connectivity index (χ3n) is 4.41. The SMILES string of the molecule is Cc1cc(C(=O)O)c(C)cc1C(=O)O.O=C(O)c1ccc2ccccc2c1C(=O)O. The highest BCUT2D eigenvalue weighted by Gasteiger charge is 2.18. The van der Waals surface area contributed by atoms with Gasteiger partial charge in [-0.2, -0.15) is 0 Å². The molecule has 8 nitrogen and oxygen atoms in total. The van der Waals surface area contributed by atoms with Crippen molar-refractivity contribution in [2.75, 3.05) is 0 Å². The van der Waals surface area contributed by atoms with Gasteiger partial charge in [-0.25, -0.2) is 19.2 Å². The Morgan fingerprint density at radius 3 is 1.50 bits per heavy atom. The van der Waals surface area contributed by atoms with Crippen molar-refractivity contribution in [1.29, 1.82) is 0 Å². The molecular weight excluding hydrogens is 392 g/mol. The Balaban J connectivity index is 0.000000216. The van der Waals surface area contributed by atoms with Crippen LogP contribution in [-0.2, 0) is 0 Å². The van der Waals surface area contributed by atoms with Crippen LogP contribution in [-0.4, -0.2) is 44.3 Å². The fraction of sp³-hybridized carbons (Fsp3) is 0.0909. The molecule has 154 valence electrons. The van der Waals surface area contributed by atoms with E-state index in [0.29, 0.717) is 21.9 Å². The summed E-state index contributed by atoms with van der Waals surface area (Å²) in [5.41, 5.74) is 0.859. The van der Waals surface area contributed by atoms with E-state index in [1.165, 1.54) is 18.2 Å². The van der Waals surface area contributed by atoms with Crippen molar-refractivity contribution in [3.63, 3.8) is 0 Å². The van der Waals surface area contributed by atoms with Crippen LogP contribution in [0, 0.1) is 13.8 Å². The molecule has 0 saturated heterocycles. The van der Waals surface area contributed by atoms with E-state index in [1.807, 2.05) is 0 Å². The third kappa shape index (κ3) is 4.61. The van der Waals surface area contributed by atoms with E-state index in [2.05, 4.69) is 0 Å². The topological polar surface area (TPSA) is 149 Å². The van der Waals surface area contributed by atoms with Crippen molar-refractivity contribution in [3.8, 4) is 0 Å². The molecule has 0 aromatic heterocycles. The molecule has 0 aliphatic rings. The minimum absolute atomic E-state index is 0.146. The summed E-state index contributed by atoms with van der Waals surface area (Å²) >= 11 is 0. The first kappa shape index (κ1) is 22.1. The quantitative estimate of drug-likeness (QED) is 0.505. The number of hydrogen-bond acceptors (Lipinski definition) is 4. The van der Waals surface area contributed by atoms with Gasteiger partial charge in [0.2, 0.25) is 0 Å². The Hall–Kier alpha value is -4.20. The van der Waals surface area contributed by atoms with Crippen molar-refractivity contribution in [3.05, 3.63) is 81.9 Å². The normalized spacial score (nSPS) is 10.1. The van der Waals surface area contributed by atoms with Crippen LogP contribution in [0.15, 0.2) is 48.5 Å². The Morgan fingerprint density at radius 2 is 1.07 bits per heavy atom. The lowest BCUT2D eigenvalue weighted by atomic mass is 9.99. The minimum Gasteiger partial charge on any atom is -0.478 e. The summed E-state index contributed by atoms with van der Waals surface area (Å²) in [6.45, 7) is 3.16. The van der Waals surface area contributed by atoms with Gasteiger partial charge in [0.1, 0.15) is 0 Å². The molecule has 0 heterocycles. The van der Waals surface area contributed by atoms with Crippen molar-refractivity contribution >= 4 is 34.6 Å². The molecule has 0 radical (unpaired) electrons. The second kappa shape index (κ2) is 8.87. The lowest BCUT2D eigenvalue weighted by Gasteiger charge is -2.05. The maximum atomic E-state index is 11.1. The van der Waals surface area contributed by atoms with Gasteiger partial charge in [-0.1, -0.05) is 30.3 Å². The average molecular weight is 410 g/mol. The summed E-state index contributed by atoms with van der Waals surface area (Å²) in [7, 11) is 0. The predicted molar refractivity (Wildman–Crippen MR) is 108 cm³/mol. The lowest BCUT2D eigenvalue weighted by molar-refractivity contribution is 0.0653. The number of carbonyl (C=O) groups is 4. The van der Waals surface area contributed by atoms with Gasteiger partial charge in [0.25, 0.3) is 0 Å². The first-order chi connectivity index (χ1) is 14.0. The van der Waals surface area contributed by atoms with Gasteiger partial charge in [-0.3, -0.25) is 0 Å². The molecule has 3 aromatic carbocycles. The number of hydrogen-bond donors (Lipinski definition) is 4. The van der Waals surface area contributed by atoms with Crippen LogP contribution in [0.2, 0.25) is 0 Å². The molecule has 0 saturated carbocycles. The largest absolute Gasteiger partial charge is 0.478 e. The maximum Gasteiger partial charge on any atom is 0.337 e. The van der Waals surface area contributed by atoms with E-state index in [1.54, 1.807) is 44.2 Å². The number of rotatable bonds is 4. The smallest absolute Gasteiger partial charge is 0.337 e. The average Bonchev–Trinajstić information content (AvgIpc) is 2.68. The molecule has 8 heteroatoms. The van der Waals surface area contributed by atoms with E-state index in [0.717, 1.165) is 0 Å². The van der Waals surface area contributed by atoms with E-state index in [-0.39, 0.29) is 22.3 Å². The fourth-order valence-electron chi connectivity index (χ4n) is 2.96. The number of benzene rings is 3. The zero-order chi connectivity index (χ0) is 22.6. The molecule has 3 aromatic rings.